The molecule has 1 aliphatic carbocycles. The Hall–Kier alpha value is -1.38. The van der Waals surface area contributed by atoms with Gasteiger partial charge in [0.25, 0.3) is 0 Å². The van der Waals surface area contributed by atoms with Crippen molar-refractivity contribution in [3.8, 4) is 12.3 Å². The van der Waals surface area contributed by atoms with Crippen molar-refractivity contribution in [3.05, 3.63) is 11.9 Å². The zero-order chi connectivity index (χ0) is 12.1. The van der Waals surface area contributed by atoms with E-state index in [0.29, 0.717) is 12.6 Å². The lowest BCUT2D eigenvalue weighted by atomic mass is 10.4. The number of likely N-dealkylation sites (N-methyl/N-ethyl adjacent to an activating group) is 1. The van der Waals surface area contributed by atoms with Crippen molar-refractivity contribution in [2.24, 2.45) is 0 Å². The Bertz CT molecular complexity index is 388. The molecule has 0 spiro atoms. The second-order valence-electron chi connectivity index (χ2n) is 4.57. The number of hydrogen-bond acceptors (Lipinski definition) is 4. The van der Waals surface area contributed by atoms with Crippen LogP contribution in [0.15, 0.2) is 6.20 Å². The summed E-state index contributed by atoms with van der Waals surface area (Å²) >= 11 is 0. The second-order valence-corrected chi connectivity index (χ2v) is 4.57. The summed E-state index contributed by atoms with van der Waals surface area (Å²) < 4.78 is 1.87. The van der Waals surface area contributed by atoms with Crippen molar-refractivity contribution < 1.29 is 0 Å². The summed E-state index contributed by atoms with van der Waals surface area (Å²) in [6.45, 7) is 3.22. The van der Waals surface area contributed by atoms with E-state index in [2.05, 4.69) is 26.4 Å². The smallest absolute Gasteiger partial charge is 0.0964 e. The molecule has 1 aliphatic rings. The molecule has 5 heteroatoms. The van der Waals surface area contributed by atoms with Crippen molar-refractivity contribution in [1.29, 1.82) is 0 Å². The van der Waals surface area contributed by atoms with Crippen LogP contribution in [0.25, 0.3) is 0 Å². The zero-order valence-electron chi connectivity index (χ0n) is 10.3. The number of rotatable bonds is 7. The lowest BCUT2D eigenvalue weighted by Crippen LogP contribution is -2.23. The van der Waals surface area contributed by atoms with Crippen LogP contribution in [0.1, 0.15) is 18.5 Å². The summed E-state index contributed by atoms with van der Waals surface area (Å²) in [5, 5.41) is 11.6. The van der Waals surface area contributed by atoms with Gasteiger partial charge in [-0.3, -0.25) is 9.58 Å². The highest BCUT2D eigenvalue weighted by Crippen LogP contribution is 2.18. The molecule has 17 heavy (non-hydrogen) atoms. The third kappa shape index (κ3) is 4.17. The standard InChI is InChI=1S/C12H19N5/c1-3-6-16(2)7-8-17-10-12(14-15-17)9-13-11-4-5-11/h1,10-11,13H,4-9H2,2H3. The van der Waals surface area contributed by atoms with Gasteiger partial charge in [0.05, 0.1) is 18.8 Å². The van der Waals surface area contributed by atoms with Gasteiger partial charge in [0.15, 0.2) is 0 Å². The predicted molar refractivity (Wildman–Crippen MR) is 66.2 cm³/mol. The number of nitrogens with one attached hydrogen (secondary N) is 1. The first-order chi connectivity index (χ1) is 8.28. The minimum absolute atomic E-state index is 0.671. The van der Waals surface area contributed by atoms with Gasteiger partial charge in [0, 0.05) is 25.3 Å². The first kappa shape index (κ1) is 12.1. The number of aromatic nitrogens is 3. The van der Waals surface area contributed by atoms with Crippen LogP contribution >= 0.6 is 0 Å². The van der Waals surface area contributed by atoms with Crippen LogP contribution in [0.3, 0.4) is 0 Å². The van der Waals surface area contributed by atoms with Gasteiger partial charge in [0.2, 0.25) is 0 Å². The fourth-order valence-electron chi connectivity index (χ4n) is 1.57. The summed E-state index contributed by atoms with van der Waals surface area (Å²) in [6, 6.07) is 0.710. The third-order valence-electron chi connectivity index (χ3n) is 2.81. The largest absolute Gasteiger partial charge is 0.308 e. The average Bonchev–Trinajstić information content (AvgIpc) is 3.03. The average molecular weight is 233 g/mol. The van der Waals surface area contributed by atoms with E-state index in [1.807, 2.05) is 17.9 Å². The molecular weight excluding hydrogens is 214 g/mol. The minimum Gasteiger partial charge on any atom is -0.308 e. The van der Waals surface area contributed by atoms with Gasteiger partial charge in [-0.15, -0.1) is 11.5 Å². The van der Waals surface area contributed by atoms with Crippen LogP contribution in [0.2, 0.25) is 0 Å². The van der Waals surface area contributed by atoms with Crippen molar-refractivity contribution in [2.45, 2.75) is 32.0 Å². The Kier molecular flexibility index (Phi) is 4.13. The van der Waals surface area contributed by atoms with Crippen LogP contribution in [-0.2, 0) is 13.1 Å². The molecule has 2 rings (SSSR count). The minimum atomic E-state index is 0.671. The quantitative estimate of drug-likeness (QED) is 0.678. The van der Waals surface area contributed by atoms with Gasteiger partial charge in [-0.05, 0) is 19.9 Å². The zero-order valence-corrected chi connectivity index (χ0v) is 10.3. The van der Waals surface area contributed by atoms with Crippen molar-refractivity contribution in [1.82, 2.24) is 25.2 Å². The van der Waals surface area contributed by atoms with Gasteiger partial charge in [0.1, 0.15) is 0 Å². The van der Waals surface area contributed by atoms with E-state index in [1.165, 1.54) is 12.8 Å². The Morgan fingerprint density at radius 2 is 2.47 bits per heavy atom. The monoisotopic (exact) mass is 233 g/mol. The maximum absolute atomic E-state index is 5.24. The Morgan fingerprint density at radius 1 is 1.65 bits per heavy atom. The summed E-state index contributed by atoms with van der Waals surface area (Å²) in [5.41, 5.74) is 1.01. The summed E-state index contributed by atoms with van der Waals surface area (Å²) in [4.78, 5) is 2.09. The van der Waals surface area contributed by atoms with Crippen molar-refractivity contribution >= 4 is 0 Å². The number of hydrogen-bond donors (Lipinski definition) is 1. The summed E-state index contributed by atoms with van der Waals surface area (Å²) in [5.74, 6) is 2.62. The highest BCUT2D eigenvalue weighted by molar-refractivity contribution is 4.94. The van der Waals surface area contributed by atoms with Crippen LogP contribution in [0, 0.1) is 12.3 Å². The fourth-order valence-corrected chi connectivity index (χ4v) is 1.57. The topological polar surface area (TPSA) is 46.0 Å². The molecule has 1 fully saturated rings. The van der Waals surface area contributed by atoms with Gasteiger partial charge < -0.3 is 5.32 Å². The third-order valence-corrected chi connectivity index (χ3v) is 2.81. The Balaban J connectivity index is 1.71. The SMILES string of the molecule is C#CCN(C)CCn1cc(CNC2CC2)nn1. The predicted octanol–water partition coefficient (Wildman–Crippen LogP) is 0.0951. The number of terminal acetylenes is 1. The molecule has 0 bridgehead atoms. The summed E-state index contributed by atoms with van der Waals surface area (Å²) in [7, 11) is 2.01. The Labute approximate surface area is 102 Å². The molecule has 1 N–H and O–H groups in total. The lowest BCUT2D eigenvalue weighted by Gasteiger charge is -2.11. The molecule has 92 valence electrons. The van der Waals surface area contributed by atoms with E-state index in [-0.39, 0.29) is 0 Å². The van der Waals surface area contributed by atoms with E-state index in [1.54, 1.807) is 0 Å². The molecule has 0 aliphatic heterocycles. The van der Waals surface area contributed by atoms with Gasteiger partial charge in [-0.2, -0.15) is 0 Å². The molecule has 1 heterocycles. The fraction of sp³-hybridized carbons (Fsp3) is 0.667. The van der Waals surface area contributed by atoms with Crippen LogP contribution < -0.4 is 5.32 Å². The molecule has 1 aromatic heterocycles. The molecule has 0 unspecified atom stereocenters. The first-order valence-electron chi connectivity index (χ1n) is 6.02. The maximum atomic E-state index is 5.24. The Morgan fingerprint density at radius 3 is 3.18 bits per heavy atom. The van der Waals surface area contributed by atoms with Crippen LogP contribution in [0.5, 0.6) is 0 Å². The molecule has 0 atom stereocenters. The molecule has 1 saturated carbocycles. The van der Waals surface area contributed by atoms with Crippen LogP contribution in [0.4, 0.5) is 0 Å². The first-order valence-corrected chi connectivity index (χ1v) is 6.02. The van der Waals surface area contributed by atoms with E-state index in [9.17, 15) is 0 Å². The molecule has 0 radical (unpaired) electrons. The van der Waals surface area contributed by atoms with E-state index in [0.717, 1.165) is 25.3 Å². The van der Waals surface area contributed by atoms with Gasteiger partial charge in [-0.1, -0.05) is 11.1 Å². The lowest BCUT2D eigenvalue weighted by molar-refractivity contribution is 0.345. The molecule has 1 aromatic rings. The second kappa shape index (κ2) is 5.80. The highest BCUT2D eigenvalue weighted by Gasteiger charge is 2.20. The normalized spacial score (nSPS) is 15.1. The van der Waals surface area contributed by atoms with Gasteiger partial charge >= 0.3 is 0 Å². The van der Waals surface area contributed by atoms with Crippen LogP contribution in [-0.4, -0.2) is 46.1 Å². The maximum Gasteiger partial charge on any atom is 0.0964 e. The molecule has 5 nitrogen and oxygen atoms in total. The van der Waals surface area contributed by atoms with E-state index in [4.69, 9.17) is 6.42 Å². The summed E-state index contributed by atoms with van der Waals surface area (Å²) in [6.07, 6.45) is 9.83. The molecule has 0 aromatic carbocycles. The van der Waals surface area contributed by atoms with Crippen molar-refractivity contribution in [2.75, 3.05) is 20.1 Å². The van der Waals surface area contributed by atoms with E-state index >= 15 is 0 Å². The molecule has 0 amide bonds. The van der Waals surface area contributed by atoms with E-state index < -0.39 is 0 Å². The van der Waals surface area contributed by atoms with Crippen molar-refractivity contribution in [3.63, 3.8) is 0 Å². The van der Waals surface area contributed by atoms with Gasteiger partial charge in [-0.25, -0.2) is 0 Å². The number of nitrogens with zero attached hydrogens (tertiary/aromatic N) is 4. The molecule has 0 saturated heterocycles. The highest BCUT2D eigenvalue weighted by atomic mass is 15.4. The molecular formula is C12H19N5.